The predicted molar refractivity (Wildman–Crippen MR) is 56.6 cm³/mol. The highest BCUT2D eigenvalue weighted by molar-refractivity contribution is 5.85. The van der Waals surface area contributed by atoms with Crippen LogP contribution >= 0.6 is 0 Å². The summed E-state index contributed by atoms with van der Waals surface area (Å²) in [4.78, 5) is 11.6. The highest BCUT2D eigenvalue weighted by atomic mass is 19.4. The van der Waals surface area contributed by atoms with Gasteiger partial charge < -0.3 is 4.74 Å². The molecule has 0 radical (unpaired) electrons. The lowest BCUT2D eigenvalue weighted by Crippen LogP contribution is -2.34. The molecular formula is C11H10F3N3O2. The molecule has 0 saturated heterocycles. The van der Waals surface area contributed by atoms with Gasteiger partial charge in [0.15, 0.2) is 11.1 Å². The van der Waals surface area contributed by atoms with E-state index in [1.807, 2.05) is 0 Å². The number of ether oxygens (including phenoxy) is 1. The van der Waals surface area contributed by atoms with Crippen molar-refractivity contribution in [3.8, 4) is 6.07 Å². The van der Waals surface area contributed by atoms with E-state index in [-0.39, 0.29) is 12.3 Å². The predicted octanol–water partition coefficient (Wildman–Crippen LogP) is 1.84. The highest BCUT2D eigenvalue weighted by Gasteiger charge is 2.40. The molecule has 0 aliphatic heterocycles. The number of aromatic nitrogens is 2. The molecule has 0 aliphatic carbocycles. The molecule has 5 nitrogen and oxygen atoms in total. The lowest BCUT2D eigenvalue weighted by Gasteiger charge is -2.18. The third-order valence-electron chi connectivity index (χ3n) is 2.37. The van der Waals surface area contributed by atoms with E-state index in [1.165, 1.54) is 6.92 Å². The maximum atomic E-state index is 12.3. The topological polar surface area (TPSA) is 75.9 Å². The van der Waals surface area contributed by atoms with Crippen LogP contribution in [-0.4, -0.2) is 22.8 Å². The third-order valence-corrected chi connectivity index (χ3v) is 2.37. The Kier molecular flexibility index (Phi) is 4.09. The minimum Gasteiger partial charge on any atom is -0.465 e. The van der Waals surface area contributed by atoms with E-state index >= 15 is 0 Å². The Balaban J connectivity index is 3.15. The summed E-state index contributed by atoms with van der Waals surface area (Å²) in [7, 11) is 0. The fourth-order valence-corrected chi connectivity index (χ4v) is 1.23. The molecule has 0 aliphatic rings. The van der Waals surface area contributed by atoms with Crippen molar-refractivity contribution >= 4 is 5.97 Å². The zero-order valence-corrected chi connectivity index (χ0v) is 10.2. The Labute approximate surface area is 107 Å². The van der Waals surface area contributed by atoms with Crippen molar-refractivity contribution in [1.29, 1.82) is 5.26 Å². The summed E-state index contributed by atoms with van der Waals surface area (Å²) in [5.74, 6) is -0.883. The lowest BCUT2D eigenvalue weighted by molar-refractivity contribution is -0.147. The van der Waals surface area contributed by atoms with Gasteiger partial charge in [0, 0.05) is 0 Å². The van der Waals surface area contributed by atoms with Crippen molar-refractivity contribution in [2.45, 2.75) is 25.4 Å². The van der Waals surface area contributed by atoms with E-state index in [0.717, 1.165) is 6.07 Å². The van der Waals surface area contributed by atoms with Gasteiger partial charge in [-0.25, -0.2) is 4.79 Å². The van der Waals surface area contributed by atoms with Gasteiger partial charge in [0.1, 0.15) is 0 Å². The van der Waals surface area contributed by atoms with Crippen LogP contribution in [0.4, 0.5) is 13.2 Å². The fraction of sp³-hybridized carbons (Fsp3) is 0.455. The molecular weight excluding hydrogens is 263 g/mol. The first kappa shape index (κ1) is 14.9. The Morgan fingerprint density at radius 3 is 2.26 bits per heavy atom. The number of carbonyl (C=O) groups excluding carboxylic acids is 1. The van der Waals surface area contributed by atoms with Gasteiger partial charge in [-0.2, -0.15) is 23.5 Å². The monoisotopic (exact) mass is 273 g/mol. The van der Waals surface area contributed by atoms with Gasteiger partial charge in [-0.3, -0.25) is 0 Å². The second-order valence-corrected chi connectivity index (χ2v) is 3.76. The molecule has 0 spiro atoms. The SMILES string of the molecule is CCOC(=O)C(C)(C#N)c1ccc(C(F)(F)F)nn1. The first-order valence-corrected chi connectivity index (χ1v) is 5.25. The van der Waals surface area contributed by atoms with E-state index in [0.29, 0.717) is 6.07 Å². The molecule has 1 atom stereocenters. The summed E-state index contributed by atoms with van der Waals surface area (Å²) in [5, 5.41) is 15.3. The molecule has 1 unspecified atom stereocenters. The Morgan fingerprint density at radius 1 is 1.37 bits per heavy atom. The Bertz CT molecular complexity index is 507. The van der Waals surface area contributed by atoms with Crippen LogP contribution in [0, 0.1) is 11.3 Å². The van der Waals surface area contributed by atoms with E-state index in [2.05, 4.69) is 10.2 Å². The summed E-state index contributed by atoms with van der Waals surface area (Å²) in [5.41, 5.74) is -3.17. The van der Waals surface area contributed by atoms with Crippen molar-refractivity contribution in [1.82, 2.24) is 10.2 Å². The summed E-state index contributed by atoms with van der Waals surface area (Å²) < 4.78 is 41.7. The zero-order chi connectivity index (χ0) is 14.7. The highest BCUT2D eigenvalue weighted by Crippen LogP contribution is 2.28. The number of nitriles is 1. The molecule has 1 rings (SSSR count). The average Bonchev–Trinajstić information content (AvgIpc) is 2.37. The molecule has 1 heterocycles. The van der Waals surface area contributed by atoms with Crippen LogP contribution in [-0.2, 0) is 21.1 Å². The van der Waals surface area contributed by atoms with Gasteiger partial charge in [0.25, 0.3) is 0 Å². The van der Waals surface area contributed by atoms with Gasteiger partial charge in [0.05, 0.1) is 18.4 Å². The van der Waals surface area contributed by atoms with E-state index in [1.54, 1.807) is 13.0 Å². The van der Waals surface area contributed by atoms with E-state index < -0.39 is 23.3 Å². The Hall–Kier alpha value is -2.17. The second-order valence-electron chi connectivity index (χ2n) is 3.76. The van der Waals surface area contributed by atoms with E-state index in [9.17, 15) is 18.0 Å². The van der Waals surface area contributed by atoms with Crippen molar-refractivity contribution < 1.29 is 22.7 Å². The summed E-state index contributed by atoms with van der Waals surface area (Å²) in [6.07, 6.45) is -4.63. The van der Waals surface area contributed by atoms with Crippen LogP contribution in [0.3, 0.4) is 0 Å². The van der Waals surface area contributed by atoms with Crippen LogP contribution in [0.15, 0.2) is 12.1 Å². The normalized spacial score (nSPS) is 14.3. The molecule has 0 amide bonds. The average molecular weight is 273 g/mol. The molecule has 0 aromatic carbocycles. The number of alkyl halides is 3. The Morgan fingerprint density at radius 2 is 1.89 bits per heavy atom. The molecule has 102 valence electrons. The lowest BCUT2D eigenvalue weighted by atomic mass is 9.88. The van der Waals surface area contributed by atoms with Gasteiger partial charge in [-0.1, -0.05) is 0 Å². The molecule has 0 bridgehead atoms. The van der Waals surface area contributed by atoms with E-state index in [4.69, 9.17) is 10.00 Å². The zero-order valence-electron chi connectivity index (χ0n) is 10.2. The number of nitrogens with zero attached hydrogens (tertiary/aromatic N) is 3. The fourth-order valence-electron chi connectivity index (χ4n) is 1.23. The first-order valence-electron chi connectivity index (χ1n) is 5.25. The van der Waals surface area contributed by atoms with Crippen LogP contribution in [0.1, 0.15) is 25.2 Å². The van der Waals surface area contributed by atoms with Gasteiger partial charge in [0.2, 0.25) is 0 Å². The minimum atomic E-state index is -4.63. The molecule has 0 fully saturated rings. The van der Waals surface area contributed by atoms with Crippen LogP contribution < -0.4 is 0 Å². The number of hydrogen-bond donors (Lipinski definition) is 0. The largest absolute Gasteiger partial charge is 0.465 e. The van der Waals surface area contributed by atoms with Crippen LogP contribution in [0.2, 0.25) is 0 Å². The summed E-state index contributed by atoms with van der Waals surface area (Å²) in [6, 6.07) is 3.28. The summed E-state index contributed by atoms with van der Waals surface area (Å²) >= 11 is 0. The van der Waals surface area contributed by atoms with Crippen LogP contribution in [0.5, 0.6) is 0 Å². The minimum absolute atomic E-state index is 0.0458. The maximum Gasteiger partial charge on any atom is 0.435 e. The second kappa shape index (κ2) is 5.22. The third kappa shape index (κ3) is 2.99. The van der Waals surface area contributed by atoms with Crippen molar-refractivity contribution in [2.75, 3.05) is 6.61 Å². The number of carbonyl (C=O) groups is 1. The van der Waals surface area contributed by atoms with Crippen molar-refractivity contribution in [3.05, 3.63) is 23.5 Å². The number of esters is 1. The number of hydrogen-bond acceptors (Lipinski definition) is 5. The van der Waals surface area contributed by atoms with Gasteiger partial charge >= 0.3 is 12.1 Å². The smallest absolute Gasteiger partial charge is 0.435 e. The first-order chi connectivity index (χ1) is 8.75. The number of halogens is 3. The molecule has 8 heteroatoms. The van der Waals surface area contributed by atoms with Crippen molar-refractivity contribution in [3.63, 3.8) is 0 Å². The molecule has 0 N–H and O–H groups in total. The van der Waals surface area contributed by atoms with Crippen LogP contribution in [0.25, 0.3) is 0 Å². The molecule has 1 aromatic heterocycles. The van der Waals surface area contributed by atoms with Gasteiger partial charge in [-0.15, -0.1) is 5.10 Å². The number of rotatable bonds is 3. The van der Waals surface area contributed by atoms with Crippen molar-refractivity contribution in [2.24, 2.45) is 0 Å². The molecule has 19 heavy (non-hydrogen) atoms. The standard InChI is InChI=1S/C11H10F3N3O2/c1-3-19-9(18)10(2,6-15)7-4-5-8(17-16-7)11(12,13)14/h4-5H,3H2,1-2H3. The summed E-state index contributed by atoms with van der Waals surface area (Å²) in [6.45, 7) is 2.81. The quantitative estimate of drug-likeness (QED) is 0.785. The molecule has 0 saturated carbocycles. The molecule has 1 aromatic rings. The van der Waals surface area contributed by atoms with Gasteiger partial charge in [-0.05, 0) is 26.0 Å². The maximum absolute atomic E-state index is 12.3.